The first-order valence-corrected chi connectivity index (χ1v) is 6.16. The van der Waals surface area contributed by atoms with E-state index in [1.807, 2.05) is 18.2 Å². The number of thioether (sulfide) groups is 1. The Morgan fingerprint density at radius 1 is 1.20 bits per heavy atom. The zero-order valence-electron chi connectivity index (χ0n) is 8.30. The third-order valence-electron chi connectivity index (χ3n) is 3.21. The monoisotopic (exact) mass is 216 g/mol. The summed E-state index contributed by atoms with van der Waals surface area (Å²) in [5, 5.41) is 0.177. The average molecular weight is 216 g/mol. The summed E-state index contributed by atoms with van der Waals surface area (Å²) in [6.45, 7) is 0. The Morgan fingerprint density at radius 3 is 2.80 bits per heavy atom. The highest BCUT2D eigenvalue weighted by atomic mass is 32.2. The van der Waals surface area contributed by atoms with Gasteiger partial charge in [0.1, 0.15) is 0 Å². The summed E-state index contributed by atoms with van der Waals surface area (Å²) >= 11 is 1.71. The fourth-order valence-electron chi connectivity index (χ4n) is 2.36. The van der Waals surface area contributed by atoms with Gasteiger partial charge in [-0.15, -0.1) is 11.8 Å². The maximum Gasteiger partial charge on any atom is 0.150 e. The summed E-state index contributed by atoms with van der Waals surface area (Å²) in [5.74, 6) is 1.26. The largest absolute Gasteiger partial charge is 0.298 e. The van der Waals surface area contributed by atoms with E-state index in [1.165, 1.54) is 4.90 Å². The second kappa shape index (κ2) is 3.53. The van der Waals surface area contributed by atoms with E-state index in [-0.39, 0.29) is 5.25 Å². The van der Waals surface area contributed by atoms with Crippen molar-refractivity contribution in [1.29, 1.82) is 0 Å². The lowest BCUT2D eigenvalue weighted by atomic mass is 9.74. The molecule has 0 aromatic heterocycles. The average Bonchev–Trinajstić information content (AvgIpc) is 2.72. The molecule has 76 valence electrons. The van der Waals surface area contributed by atoms with Crippen LogP contribution in [0.5, 0.6) is 0 Å². The van der Waals surface area contributed by atoms with Gasteiger partial charge in [0.25, 0.3) is 0 Å². The fraction of sp³-hybridized carbons (Fsp3) is 0.308. The van der Waals surface area contributed by atoms with E-state index < -0.39 is 0 Å². The van der Waals surface area contributed by atoms with Crippen LogP contribution >= 0.6 is 11.8 Å². The summed E-state index contributed by atoms with van der Waals surface area (Å²) < 4.78 is 0. The predicted molar refractivity (Wildman–Crippen MR) is 61.8 cm³/mol. The van der Waals surface area contributed by atoms with Gasteiger partial charge in [0.05, 0.1) is 5.25 Å². The van der Waals surface area contributed by atoms with E-state index >= 15 is 0 Å². The number of hydrogen-bond donors (Lipinski definition) is 0. The molecule has 0 heterocycles. The first kappa shape index (κ1) is 9.22. The van der Waals surface area contributed by atoms with E-state index in [2.05, 4.69) is 24.3 Å². The molecule has 0 N–H and O–H groups in total. The van der Waals surface area contributed by atoms with Gasteiger partial charge < -0.3 is 0 Å². The maximum absolute atomic E-state index is 11.8. The standard InChI is InChI=1S/C13H12OS/c14-12-10-7-4-8-11(10)13(12)15-9-5-2-1-3-6-9/h1-6,8,10-11,13H,7H2/t10-,11+,13+/m0/s1. The minimum atomic E-state index is 0.177. The van der Waals surface area contributed by atoms with Crippen molar-refractivity contribution in [3.8, 4) is 0 Å². The minimum Gasteiger partial charge on any atom is -0.298 e. The van der Waals surface area contributed by atoms with Crippen LogP contribution in [0.15, 0.2) is 47.4 Å². The molecule has 2 aliphatic carbocycles. The lowest BCUT2D eigenvalue weighted by molar-refractivity contribution is -0.130. The zero-order chi connectivity index (χ0) is 10.3. The van der Waals surface area contributed by atoms with Gasteiger partial charge in [-0.25, -0.2) is 0 Å². The second-order valence-corrected chi connectivity index (χ2v) is 5.32. The van der Waals surface area contributed by atoms with Gasteiger partial charge in [0, 0.05) is 16.7 Å². The van der Waals surface area contributed by atoms with Gasteiger partial charge in [0.15, 0.2) is 5.78 Å². The van der Waals surface area contributed by atoms with Crippen LogP contribution in [0.2, 0.25) is 0 Å². The van der Waals surface area contributed by atoms with Gasteiger partial charge in [-0.3, -0.25) is 4.79 Å². The number of Topliss-reactive ketones (excluding diaryl/α,β-unsaturated/α-hetero) is 1. The molecule has 0 saturated heterocycles. The summed E-state index contributed by atoms with van der Waals surface area (Å²) in [6.07, 6.45) is 5.33. The van der Waals surface area contributed by atoms with Crippen LogP contribution in [0.25, 0.3) is 0 Å². The Kier molecular flexibility index (Phi) is 2.17. The van der Waals surface area contributed by atoms with Crippen molar-refractivity contribution in [1.82, 2.24) is 0 Å². The summed E-state index contributed by atoms with van der Waals surface area (Å²) in [7, 11) is 0. The van der Waals surface area contributed by atoms with Crippen LogP contribution in [0.4, 0.5) is 0 Å². The van der Waals surface area contributed by atoms with E-state index in [9.17, 15) is 4.79 Å². The predicted octanol–water partition coefficient (Wildman–Crippen LogP) is 2.92. The lowest BCUT2D eigenvalue weighted by Gasteiger charge is -2.37. The van der Waals surface area contributed by atoms with Crippen molar-refractivity contribution >= 4 is 17.5 Å². The van der Waals surface area contributed by atoms with Crippen LogP contribution in [0.3, 0.4) is 0 Å². The quantitative estimate of drug-likeness (QED) is 0.707. The van der Waals surface area contributed by atoms with Crippen LogP contribution in [-0.2, 0) is 4.79 Å². The van der Waals surface area contributed by atoms with Crippen molar-refractivity contribution in [3.63, 3.8) is 0 Å². The normalized spacial score (nSPS) is 32.5. The number of ketones is 1. The molecule has 0 bridgehead atoms. The molecule has 1 nitrogen and oxygen atoms in total. The Balaban J connectivity index is 1.75. The highest BCUT2D eigenvalue weighted by molar-refractivity contribution is 8.00. The molecule has 0 aliphatic heterocycles. The SMILES string of the molecule is O=C1[C@H]2CC=C[C@H]2[C@H]1Sc1ccccc1. The molecule has 2 heteroatoms. The molecule has 3 atom stereocenters. The van der Waals surface area contributed by atoms with E-state index in [0.29, 0.717) is 17.6 Å². The number of rotatable bonds is 2. The third-order valence-corrected chi connectivity index (χ3v) is 4.56. The number of allylic oxidation sites excluding steroid dienone is 2. The van der Waals surface area contributed by atoms with Gasteiger partial charge in [-0.05, 0) is 18.6 Å². The van der Waals surface area contributed by atoms with Gasteiger partial charge in [-0.1, -0.05) is 30.4 Å². The molecular weight excluding hydrogens is 204 g/mol. The van der Waals surface area contributed by atoms with Crippen LogP contribution < -0.4 is 0 Å². The van der Waals surface area contributed by atoms with Crippen molar-refractivity contribution in [2.75, 3.05) is 0 Å². The number of carbonyl (C=O) groups excluding carboxylic acids is 1. The highest BCUT2D eigenvalue weighted by Crippen LogP contribution is 2.47. The molecule has 0 spiro atoms. The summed E-state index contributed by atoms with van der Waals surface area (Å²) in [4.78, 5) is 13.0. The number of benzene rings is 1. The van der Waals surface area contributed by atoms with Crippen molar-refractivity contribution in [2.45, 2.75) is 16.6 Å². The van der Waals surface area contributed by atoms with E-state index in [0.717, 1.165) is 6.42 Å². The molecular formula is C13H12OS. The Hall–Kier alpha value is -1.02. The van der Waals surface area contributed by atoms with Crippen LogP contribution in [0.1, 0.15) is 6.42 Å². The first-order valence-electron chi connectivity index (χ1n) is 5.28. The van der Waals surface area contributed by atoms with Crippen molar-refractivity contribution in [3.05, 3.63) is 42.5 Å². The molecule has 0 unspecified atom stereocenters. The second-order valence-electron chi connectivity index (χ2n) is 4.10. The van der Waals surface area contributed by atoms with Gasteiger partial charge >= 0.3 is 0 Å². The Morgan fingerprint density at radius 2 is 2.00 bits per heavy atom. The molecule has 0 amide bonds. The third kappa shape index (κ3) is 1.44. The molecule has 1 saturated carbocycles. The Labute approximate surface area is 93.6 Å². The van der Waals surface area contributed by atoms with Gasteiger partial charge in [0.2, 0.25) is 0 Å². The Bertz CT molecular complexity index is 410. The van der Waals surface area contributed by atoms with Crippen LogP contribution in [-0.4, -0.2) is 11.0 Å². The maximum atomic E-state index is 11.8. The zero-order valence-corrected chi connectivity index (χ0v) is 9.11. The fourth-order valence-corrected chi connectivity index (χ4v) is 3.69. The molecule has 2 aliphatic rings. The summed E-state index contributed by atoms with van der Waals surface area (Å²) in [6, 6.07) is 10.2. The molecule has 15 heavy (non-hydrogen) atoms. The van der Waals surface area contributed by atoms with E-state index in [4.69, 9.17) is 0 Å². The number of fused-ring (bicyclic) bond motifs is 1. The minimum absolute atomic E-state index is 0.177. The molecule has 0 radical (unpaired) electrons. The smallest absolute Gasteiger partial charge is 0.150 e. The molecule has 3 rings (SSSR count). The molecule has 1 fully saturated rings. The molecule has 1 aromatic rings. The highest BCUT2D eigenvalue weighted by Gasteiger charge is 2.49. The van der Waals surface area contributed by atoms with Crippen molar-refractivity contribution < 1.29 is 4.79 Å². The van der Waals surface area contributed by atoms with E-state index in [1.54, 1.807) is 11.8 Å². The first-order chi connectivity index (χ1) is 7.36. The van der Waals surface area contributed by atoms with Gasteiger partial charge in [-0.2, -0.15) is 0 Å². The van der Waals surface area contributed by atoms with Crippen molar-refractivity contribution in [2.24, 2.45) is 11.8 Å². The molecule has 1 aromatic carbocycles. The topological polar surface area (TPSA) is 17.1 Å². The van der Waals surface area contributed by atoms with Crippen LogP contribution in [0, 0.1) is 11.8 Å². The lowest BCUT2D eigenvalue weighted by Crippen LogP contribution is -2.46. The summed E-state index contributed by atoms with van der Waals surface area (Å²) in [5.41, 5.74) is 0. The number of hydrogen-bond acceptors (Lipinski definition) is 2. The number of carbonyl (C=O) groups is 1.